The third kappa shape index (κ3) is 9.86. The van der Waals surface area contributed by atoms with E-state index in [-0.39, 0.29) is 33.9 Å². The SMILES string of the molecule is [2H]C([2H])([2H])C(c1ccc(-c2ccc(-n3c(-c4cc(C(C)(C)C)cc(C(C)(C)C)c4O)nc4c(-c5cc(-c6cc(-c7ccc(-c8ccccc8)cc7)ccn6)cc(C(C([2H])([2H])[2H])(C([2H])([2H])[2H])C([2H])([2H])[2H])c5)cccc43)c(-c3ccccc3)c2)cc1)(C([2H])([2H])[2H])C([2H])([2H])[2H]. The molecule has 2 heterocycles. The fraction of sp³-hybridized carbons (Fsp3) is 0.229. The average Bonchev–Trinajstić information content (AvgIpc) is 0.784. The Morgan fingerprint density at radius 2 is 0.959 bits per heavy atom. The Kier molecular flexibility index (Phi) is 8.27. The molecular weight excluding hydrogens is 899 g/mol. The minimum Gasteiger partial charge on any atom is -0.507 e. The highest BCUT2D eigenvalue weighted by Crippen LogP contribution is 2.46. The van der Waals surface area contributed by atoms with Crippen LogP contribution in [0.4, 0.5) is 0 Å². The maximum absolute atomic E-state index is 12.8. The van der Waals surface area contributed by atoms with E-state index in [2.05, 4.69) is 20.8 Å². The van der Waals surface area contributed by atoms with Gasteiger partial charge in [0.05, 0.1) is 28.0 Å². The Balaban J connectivity index is 1.28. The van der Waals surface area contributed by atoms with Crippen molar-refractivity contribution >= 4 is 11.0 Å². The highest BCUT2D eigenvalue weighted by molar-refractivity contribution is 5.98. The number of rotatable bonds is 8. The van der Waals surface area contributed by atoms with E-state index in [0.717, 1.165) is 22.3 Å². The summed E-state index contributed by atoms with van der Waals surface area (Å²) in [6.07, 6.45) is 1.57. The molecule has 0 saturated heterocycles. The Bertz CT molecular complexity index is 4300. The molecule has 4 nitrogen and oxygen atoms in total. The summed E-state index contributed by atoms with van der Waals surface area (Å²) in [6.45, 7) is -9.23. The molecular formula is C70H69N3O. The summed E-state index contributed by atoms with van der Waals surface area (Å²) in [5, 5.41) is 12.8. The zero-order valence-electron chi connectivity index (χ0n) is 60.3. The quantitative estimate of drug-likeness (QED) is 0.165. The molecule has 0 aliphatic carbocycles. The van der Waals surface area contributed by atoms with Gasteiger partial charge in [0.15, 0.2) is 0 Å². The number of phenolic OH excluding ortho intramolecular Hbond substituents is 1. The van der Waals surface area contributed by atoms with Crippen molar-refractivity contribution in [1.29, 1.82) is 0 Å². The Hall–Kier alpha value is -7.82. The number of hydrogen-bond donors (Lipinski definition) is 1. The Labute approximate surface area is 464 Å². The summed E-state index contributed by atoms with van der Waals surface area (Å²) in [7, 11) is 0. The molecule has 0 saturated carbocycles. The van der Waals surface area contributed by atoms with Crippen LogP contribution >= 0.6 is 0 Å². The van der Waals surface area contributed by atoms with E-state index in [9.17, 15) is 5.11 Å². The number of benzene rings is 8. The molecule has 10 rings (SSSR count). The molecule has 4 heteroatoms. The molecule has 0 fully saturated rings. The predicted molar refractivity (Wildman–Crippen MR) is 313 cm³/mol. The highest BCUT2D eigenvalue weighted by Gasteiger charge is 2.30. The van der Waals surface area contributed by atoms with Crippen LogP contribution in [0.15, 0.2) is 194 Å². The summed E-state index contributed by atoms with van der Waals surface area (Å²) >= 11 is 0. The predicted octanol–water partition coefficient (Wildman–Crippen LogP) is 19.0. The van der Waals surface area contributed by atoms with E-state index in [1.165, 1.54) is 36.4 Å². The Morgan fingerprint density at radius 3 is 1.59 bits per heavy atom. The molecule has 0 amide bonds. The van der Waals surface area contributed by atoms with Crippen molar-refractivity contribution in [2.24, 2.45) is 0 Å². The fourth-order valence-electron chi connectivity index (χ4n) is 9.64. The maximum atomic E-state index is 12.8. The van der Waals surface area contributed by atoms with Crippen LogP contribution in [0.2, 0.25) is 0 Å². The van der Waals surface area contributed by atoms with E-state index < -0.39 is 73.9 Å². The molecule has 370 valence electrons. The molecule has 0 radical (unpaired) electrons. The van der Waals surface area contributed by atoms with Gasteiger partial charge < -0.3 is 5.11 Å². The summed E-state index contributed by atoms with van der Waals surface area (Å²) in [4.78, 5) is 10.2. The zero-order chi connectivity index (χ0) is 67.3. The van der Waals surface area contributed by atoms with Gasteiger partial charge in [0, 0.05) is 53.1 Å². The third-order valence-electron chi connectivity index (χ3n) is 13.7. The molecule has 10 aromatic rings. The van der Waals surface area contributed by atoms with E-state index in [1.54, 1.807) is 42.6 Å². The van der Waals surface area contributed by atoms with Crippen molar-refractivity contribution in [2.75, 3.05) is 0 Å². The highest BCUT2D eigenvalue weighted by atomic mass is 16.3. The van der Waals surface area contributed by atoms with Gasteiger partial charge in [-0.05, 0) is 131 Å². The maximum Gasteiger partial charge on any atom is 0.149 e. The summed E-state index contributed by atoms with van der Waals surface area (Å²) in [5.41, 5.74) is 1.28. The second-order valence-corrected chi connectivity index (χ2v) is 21.2. The third-order valence-corrected chi connectivity index (χ3v) is 13.7. The second-order valence-electron chi connectivity index (χ2n) is 21.2. The minimum atomic E-state index is -3.64. The standard InChI is InChI=1S/C70H69N3O/c1-67(2,3)54-33-30-48(31-34-54)50-32-35-62(58(41-50)49-22-17-14-18-23-49)73-63-25-19-24-57(64(63)72-66(73)59-43-56(69(7,8)9)44-60(65(59)74)70(10,11)12)52-38-53(40-55(39-52)68(4,5)6)61-42-51(36-37-71-61)47-28-26-46(27-29-47)45-20-15-13-16-21-45/h13-44,74H,1-12H3/i1D3,2D3,3D3,4D3,5D3,6D3. The molecule has 0 spiro atoms. The molecule has 74 heavy (non-hydrogen) atoms. The number of aromatic hydroxyl groups is 1. The number of phenols is 1. The van der Waals surface area contributed by atoms with E-state index in [4.69, 9.17) is 34.6 Å². The first-order valence-electron chi connectivity index (χ1n) is 33.6. The monoisotopic (exact) mass is 986 g/mol. The molecule has 0 aliphatic rings. The number of pyridine rings is 1. The molecule has 2 aromatic heterocycles. The van der Waals surface area contributed by atoms with Crippen LogP contribution in [0.1, 0.15) is 130 Å². The van der Waals surface area contributed by atoms with Gasteiger partial charge in [-0.3, -0.25) is 9.55 Å². The molecule has 8 aromatic carbocycles. The molecule has 1 N–H and O–H groups in total. The number of fused-ring (bicyclic) bond motifs is 1. The number of aromatic nitrogens is 3. The first kappa shape index (κ1) is 32.4. The van der Waals surface area contributed by atoms with Gasteiger partial charge >= 0.3 is 0 Å². The number of para-hydroxylation sites is 1. The van der Waals surface area contributed by atoms with E-state index in [1.807, 2.05) is 141 Å². The number of nitrogens with zero attached hydrogens (tertiary/aromatic N) is 3. The smallest absolute Gasteiger partial charge is 0.149 e. The van der Waals surface area contributed by atoms with Gasteiger partial charge in [0.25, 0.3) is 0 Å². The van der Waals surface area contributed by atoms with Gasteiger partial charge in [0.2, 0.25) is 0 Å². The lowest BCUT2D eigenvalue weighted by Crippen LogP contribution is -2.17. The molecule has 0 aliphatic heterocycles. The van der Waals surface area contributed by atoms with Gasteiger partial charge in [-0.2, -0.15) is 0 Å². The lowest BCUT2D eigenvalue weighted by Gasteiger charge is -2.27. The van der Waals surface area contributed by atoms with Crippen molar-refractivity contribution in [2.45, 2.75) is 104 Å². The second kappa shape index (κ2) is 18.9. The van der Waals surface area contributed by atoms with Crippen LogP contribution < -0.4 is 0 Å². The Morgan fingerprint density at radius 1 is 0.405 bits per heavy atom. The van der Waals surface area contributed by atoms with Gasteiger partial charge in [-0.1, -0.05) is 222 Å². The first-order chi connectivity index (χ1) is 42.6. The van der Waals surface area contributed by atoms with Crippen molar-refractivity contribution in [3.05, 3.63) is 217 Å². The van der Waals surface area contributed by atoms with Crippen molar-refractivity contribution in [3.8, 4) is 89.7 Å². The van der Waals surface area contributed by atoms with Crippen molar-refractivity contribution in [1.82, 2.24) is 14.5 Å². The lowest BCUT2D eigenvalue weighted by molar-refractivity contribution is 0.446. The van der Waals surface area contributed by atoms with Crippen LogP contribution in [-0.4, -0.2) is 19.6 Å². The number of hydrogen-bond acceptors (Lipinski definition) is 3. The van der Waals surface area contributed by atoms with E-state index >= 15 is 0 Å². The van der Waals surface area contributed by atoms with Gasteiger partial charge in [-0.25, -0.2) is 4.98 Å². The lowest BCUT2D eigenvalue weighted by atomic mass is 9.79. The molecule has 0 atom stereocenters. The summed E-state index contributed by atoms with van der Waals surface area (Å²) in [6, 6.07) is 55.1. The average molecular weight is 986 g/mol. The van der Waals surface area contributed by atoms with Crippen molar-refractivity contribution in [3.63, 3.8) is 0 Å². The largest absolute Gasteiger partial charge is 0.507 e. The minimum absolute atomic E-state index is 0.0633. The van der Waals surface area contributed by atoms with Crippen LogP contribution in [0.25, 0.3) is 95.0 Å². The van der Waals surface area contributed by atoms with Crippen LogP contribution in [0, 0.1) is 0 Å². The summed E-state index contributed by atoms with van der Waals surface area (Å²) in [5.74, 6) is 0.184. The molecule has 0 bridgehead atoms. The zero-order valence-corrected chi connectivity index (χ0v) is 42.3. The normalized spacial score (nSPS) is 17.0. The van der Waals surface area contributed by atoms with Crippen LogP contribution in [0.3, 0.4) is 0 Å². The molecule has 0 unspecified atom stereocenters. The van der Waals surface area contributed by atoms with Crippen LogP contribution in [0.5, 0.6) is 5.75 Å². The fourth-order valence-corrected chi connectivity index (χ4v) is 9.64. The van der Waals surface area contributed by atoms with E-state index in [0.29, 0.717) is 55.7 Å². The number of imidazole rings is 1. The summed E-state index contributed by atoms with van der Waals surface area (Å²) < 4.78 is 157. The van der Waals surface area contributed by atoms with Gasteiger partial charge in [0.1, 0.15) is 11.6 Å². The topological polar surface area (TPSA) is 50.9 Å². The van der Waals surface area contributed by atoms with Crippen LogP contribution in [-0.2, 0) is 21.7 Å². The van der Waals surface area contributed by atoms with Crippen molar-refractivity contribution < 1.29 is 29.8 Å². The van der Waals surface area contributed by atoms with Gasteiger partial charge in [-0.15, -0.1) is 0 Å². The first-order valence-corrected chi connectivity index (χ1v) is 24.6.